The minimum atomic E-state index is -3.98. The number of methoxy groups -OCH3 is 1. The van der Waals surface area contributed by atoms with Crippen LogP contribution >= 0.6 is 11.6 Å². The molecule has 0 aliphatic heterocycles. The summed E-state index contributed by atoms with van der Waals surface area (Å²) in [5, 5.41) is 6.01. The molecular formula is C24H30ClN3O5S. The van der Waals surface area contributed by atoms with E-state index in [1.54, 1.807) is 24.3 Å². The Labute approximate surface area is 205 Å². The second kappa shape index (κ2) is 11.6. The second-order valence-corrected chi connectivity index (χ2v) is 10.6. The highest BCUT2D eigenvalue weighted by Crippen LogP contribution is 2.24. The van der Waals surface area contributed by atoms with Crippen LogP contribution in [0.1, 0.15) is 48.5 Å². The van der Waals surface area contributed by atoms with E-state index in [0.29, 0.717) is 35.2 Å². The van der Waals surface area contributed by atoms with E-state index in [1.807, 2.05) is 0 Å². The normalized spacial score (nSPS) is 18.1. The largest absolute Gasteiger partial charge is 0.496 e. The van der Waals surface area contributed by atoms with E-state index in [-0.39, 0.29) is 16.8 Å². The van der Waals surface area contributed by atoms with E-state index in [9.17, 15) is 18.0 Å². The van der Waals surface area contributed by atoms with Crippen molar-refractivity contribution in [1.29, 1.82) is 0 Å². The molecule has 3 rings (SSSR count). The van der Waals surface area contributed by atoms with Gasteiger partial charge in [-0.1, -0.05) is 43.5 Å². The van der Waals surface area contributed by atoms with Gasteiger partial charge in [0.2, 0.25) is 0 Å². The molecule has 2 atom stereocenters. The van der Waals surface area contributed by atoms with Gasteiger partial charge in [-0.15, -0.1) is 0 Å². The zero-order valence-corrected chi connectivity index (χ0v) is 20.8. The molecule has 34 heavy (non-hydrogen) atoms. The Morgan fingerprint density at radius 2 is 1.79 bits per heavy atom. The fourth-order valence-electron chi connectivity index (χ4n) is 4.02. The van der Waals surface area contributed by atoms with Gasteiger partial charge in [0.25, 0.3) is 15.9 Å². The molecule has 184 valence electrons. The van der Waals surface area contributed by atoms with Crippen molar-refractivity contribution in [2.24, 2.45) is 5.92 Å². The van der Waals surface area contributed by atoms with Crippen LogP contribution in [-0.2, 0) is 16.4 Å². The molecule has 0 heterocycles. The third-order valence-corrected chi connectivity index (χ3v) is 7.58. The molecule has 10 heteroatoms. The van der Waals surface area contributed by atoms with E-state index >= 15 is 0 Å². The molecule has 2 aromatic rings. The molecule has 0 unspecified atom stereocenters. The fraction of sp³-hybridized carbons (Fsp3) is 0.417. The number of rotatable bonds is 8. The number of nitrogens with one attached hydrogen (secondary N) is 3. The molecule has 1 fully saturated rings. The van der Waals surface area contributed by atoms with Crippen molar-refractivity contribution in [3.05, 3.63) is 58.6 Å². The number of hydrogen-bond donors (Lipinski definition) is 3. The van der Waals surface area contributed by atoms with Crippen molar-refractivity contribution in [2.45, 2.75) is 50.0 Å². The van der Waals surface area contributed by atoms with Crippen LogP contribution in [-0.4, -0.2) is 40.1 Å². The summed E-state index contributed by atoms with van der Waals surface area (Å²) in [4.78, 5) is 24.7. The quantitative estimate of drug-likeness (QED) is 0.501. The number of carbonyl (C=O) groups excluding carboxylic acids is 2. The topological polar surface area (TPSA) is 114 Å². The summed E-state index contributed by atoms with van der Waals surface area (Å²) >= 11 is 5.97. The summed E-state index contributed by atoms with van der Waals surface area (Å²) in [5.41, 5.74) is 1.17. The molecule has 1 saturated carbocycles. The fourth-order valence-corrected chi connectivity index (χ4v) is 5.11. The Bertz CT molecular complexity index is 1120. The van der Waals surface area contributed by atoms with Crippen LogP contribution < -0.4 is 20.1 Å². The summed E-state index contributed by atoms with van der Waals surface area (Å²) in [6.07, 6.45) is 4.51. The zero-order valence-electron chi connectivity index (χ0n) is 19.3. The lowest BCUT2D eigenvalue weighted by molar-refractivity contribution is 0.0951. The van der Waals surface area contributed by atoms with E-state index < -0.39 is 16.1 Å². The number of amides is 3. The first-order chi connectivity index (χ1) is 16.2. The smallest absolute Gasteiger partial charge is 0.328 e. The summed E-state index contributed by atoms with van der Waals surface area (Å²) in [5.74, 6) is 0.425. The molecule has 8 nitrogen and oxygen atoms in total. The number of hydrogen-bond acceptors (Lipinski definition) is 5. The van der Waals surface area contributed by atoms with Crippen LogP contribution in [0.25, 0.3) is 0 Å². The lowest BCUT2D eigenvalue weighted by Crippen LogP contribution is -2.47. The van der Waals surface area contributed by atoms with Crippen molar-refractivity contribution in [1.82, 2.24) is 15.4 Å². The second-order valence-electron chi connectivity index (χ2n) is 8.44. The van der Waals surface area contributed by atoms with E-state index in [1.165, 1.54) is 25.3 Å². The Hall–Kier alpha value is -2.78. The van der Waals surface area contributed by atoms with Crippen LogP contribution in [0.5, 0.6) is 5.75 Å². The minimum absolute atomic E-state index is 0.00390. The summed E-state index contributed by atoms with van der Waals surface area (Å²) in [6.45, 7) is 2.39. The Morgan fingerprint density at radius 1 is 1.09 bits per heavy atom. The molecule has 0 radical (unpaired) electrons. The average molecular weight is 508 g/mol. The van der Waals surface area contributed by atoms with Crippen molar-refractivity contribution in [3.8, 4) is 5.75 Å². The van der Waals surface area contributed by atoms with Crippen molar-refractivity contribution >= 4 is 33.6 Å². The molecule has 3 amide bonds. The highest BCUT2D eigenvalue weighted by atomic mass is 35.5. The first-order valence-corrected chi connectivity index (χ1v) is 13.1. The van der Waals surface area contributed by atoms with Gasteiger partial charge in [-0.25, -0.2) is 17.9 Å². The maximum atomic E-state index is 12.6. The van der Waals surface area contributed by atoms with Crippen molar-refractivity contribution < 1.29 is 22.7 Å². The number of urea groups is 1. The Balaban J connectivity index is 1.52. The predicted molar refractivity (Wildman–Crippen MR) is 131 cm³/mol. The Kier molecular flexibility index (Phi) is 8.79. The zero-order chi connectivity index (χ0) is 24.7. The molecular weight excluding hydrogens is 478 g/mol. The lowest BCUT2D eigenvalue weighted by Gasteiger charge is -2.29. The van der Waals surface area contributed by atoms with Gasteiger partial charge in [0.1, 0.15) is 5.75 Å². The number of carbonyl (C=O) groups is 2. The summed E-state index contributed by atoms with van der Waals surface area (Å²) in [7, 11) is -2.51. The first-order valence-electron chi connectivity index (χ1n) is 11.2. The van der Waals surface area contributed by atoms with Gasteiger partial charge in [0.05, 0.1) is 17.6 Å². The van der Waals surface area contributed by atoms with E-state index in [2.05, 4.69) is 22.3 Å². The van der Waals surface area contributed by atoms with E-state index in [4.69, 9.17) is 16.3 Å². The third-order valence-electron chi connectivity index (χ3n) is 5.99. The third kappa shape index (κ3) is 6.87. The molecule has 0 spiro atoms. The predicted octanol–water partition coefficient (Wildman–Crippen LogP) is 3.89. The highest BCUT2D eigenvalue weighted by Gasteiger charge is 2.25. The molecule has 1 aliphatic carbocycles. The van der Waals surface area contributed by atoms with Gasteiger partial charge < -0.3 is 15.4 Å². The van der Waals surface area contributed by atoms with Crippen molar-refractivity contribution in [2.75, 3.05) is 13.7 Å². The van der Waals surface area contributed by atoms with Crippen LogP contribution in [0.2, 0.25) is 5.02 Å². The maximum absolute atomic E-state index is 12.6. The van der Waals surface area contributed by atoms with Gasteiger partial charge in [-0.05, 0) is 61.1 Å². The number of sulfonamides is 1. The van der Waals surface area contributed by atoms with Crippen LogP contribution in [0.3, 0.4) is 0 Å². The SMILES string of the molecule is COc1ccc(Cl)cc1C(=O)NCCc1ccc(S(=O)(=O)NC(=O)N[C@@H]2CCCC[C@H]2C)cc1. The molecule has 3 N–H and O–H groups in total. The molecule has 1 aliphatic rings. The minimum Gasteiger partial charge on any atom is -0.496 e. The first kappa shape index (κ1) is 25.8. The molecule has 0 bridgehead atoms. The average Bonchev–Trinajstić information content (AvgIpc) is 2.80. The van der Waals surface area contributed by atoms with Gasteiger partial charge in [0.15, 0.2) is 0 Å². The molecule has 0 aromatic heterocycles. The maximum Gasteiger partial charge on any atom is 0.328 e. The van der Waals surface area contributed by atoms with Crippen LogP contribution in [0.15, 0.2) is 47.4 Å². The highest BCUT2D eigenvalue weighted by molar-refractivity contribution is 7.90. The van der Waals surface area contributed by atoms with Gasteiger partial charge in [-0.3, -0.25) is 4.79 Å². The Morgan fingerprint density at radius 3 is 2.47 bits per heavy atom. The van der Waals surface area contributed by atoms with Gasteiger partial charge in [-0.2, -0.15) is 0 Å². The van der Waals surface area contributed by atoms with E-state index in [0.717, 1.165) is 31.2 Å². The lowest BCUT2D eigenvalue weighted by atomic mass is 9.86. The number of benzene rings is 2. The number of ether oxygens (including phenoxy) is 1. The summed E-state index contributed by atoms with van der Waals surface area (Å²) < 4.78 is 32.4. The molecule has 2 aromatic carbocycles. The van der Waals surface area contributed by atoms with Crippen molar-refractivity contribution in [3.63, 3.8) is 0 Å². The standard InChI is InChI=1S/C24H30ClN3O5S/c1-16-5-3-4-6-21(16)27-24(30)28-34(31,32)19-10-7-17(8-11-19)13-14-26-23(29)20-15-18(25)9-12-22(20)33-2/h7-12,15-16,21H,3-6,13-14H2,1-2H3,(H,26,29)(H2,27,28,30)/t16-,21-/m1/s1. The van der Waals surface area contributed by atoms with Gasteiger partial charge in [0, 0.05) is 17.6 Å². The van der Waals surface area contributed by atoms with Crippen LogP contribution in [0.4, 0.5) is 4.79 Å². The molecule has 0 saturated heterocycles. The van der Waals surface area contributed by atoms with Gasteiger partial charge >= 0.3 is 6.03 Å². The number of halogens is 1. The monoisotopic (exact) mass is 507 g/mol. The van der Waals surface area contributed by atoms with Crippen LogP contribution in [0, 0.1) is 5.92 Å². The summed E-state index contributed by atoms with van der Waals surface area (Å²) in [6, 6.07) is 10.3.